The molecule has 12 aromatic rings. The number of benzene rings is 6. The molecule has 0 aliphatic heterocycles. The van der Waals surface area contributed by atoms with Crippen LogP contribution in [0.2, 0.25) is 0 Å². The van der Waals surface area contributed by atoms with Crippen molar-refractivity contribution in [1.29, 1.82) is 0 Å². The van der Waals surface area contributed by atoms with Gasteiger partial charge in [-0.15, -0.1) is 0 Å². The Kier molecular flexibility index (Phi) is 13.6. The molecule has 6 aromatic heterocycles. The van der Waals surface area contributed by atoms with Crippen LogP contribution in [0.15, 0.2) is 146 Å². The lowest BCUT2D eigenvalue weighted by molar-refractivity contribution is -0.517. The first-order valence-corrected chi connectivity index (χ1v) is 25.1. The molecule has 3 N–H and O–H groups in total. The van der Waals surface area contributed by atoms with Gasteiger partial charge in [-0.3, -0.25) is 0 Å². The Morgan fingerprint density at radius 2 is 0.622 bits per heavy atom. The number of phosphoric acid groups is 1. The van der Waals surface area contributed by atoms with E-state index in [4.69, 9.17) is 33.5 Å². The van der Waals surface area contributed by atoms with Crippen molar-refractivity contribution >= 4 is 89.0 Å². The summed E-state index contributed by atoms with van der Waals surface area (Å²) in [7, 11) is -0.666. The van der Waals surface area contributed by atoms with Crippen LogP contribution in [0.5, 0.6) is 34.5 Å². The second-order valence-electron chi connectivity index (χ2n) is 18.1. The number of phenolic OH excluding ortho intramolecular Hbond substituents is 3. The number of hydrogen-bond donors (Lipinski definition) is 3. The van der Waals surface area contributed by atoms with Crippen molar-refractivity contribution in [2.75, 3.05) is 21.3 Å². The van der Waals surface area contributed by atoms with E-state index in [0.29, 0.717) is 17.2 Å². The summed E-state index contributed by atoms with van der Waals surface area (Å²) in [4.78, 5) is 25.6. The van der Waals surface area contributed by atoms with Gasteiger partial charge in [0.05, 0.1) is 53.6 Å². The number of aryl methyl sites for hydroxylation is 6. The maximum atomic E-state index is 10.6. The molecule has 0 atom stereocenters. The SMILES string of the molecule is COc1ccc2c(C)c3c4ccccc4cc[n+]3c(C)c2c1O.COc1ccc2c(C)c3c4ccccc4cc[n+]3c(C)c2c1O.COc1ccc2c(C)c3c4ccccc4cc[n+]3c(C)c2c1O.O=P([O-])([O-])[O-]. The van der Waals surface area contributed by atoms with Gasteiger partial charge < -0.3 is 48.8 Å². The molecule has 0 bridgehead atoms. The number of aromatic hydroxyl groups is 3. The van der Waals surface area contributed by atoms with E-state index in [0.717, 1.165) is 66.1 Å². The van der Waals surface area contributed by atoms with E-state index in [1.54, 1.807) is 21.3 Å². The first-order valence-electron chi connectivity index (χ1n) is 23.7. The number of methoxy groups -OCH3 is 3. The normalized spacial score (nSPS) is 11.5. The molecule has 14 heteroatoms. The Morgan fingerprint density at radius 3 is 0.865 bits per heavy atom. The van der Waals surface area contributed by atoms with Crippen molar-refractivity contribution < 1.29 is 62.0 Å². The van der Waals surface area contributed by atoms with Crippen LogP contribution in [0.3, 0.4) is 0 Å². The fraction of sp³-hybridized carbons (Fsp3) is 0.150. The zero-order valence-electron chi connectivity index (χ0n) is 42.3. The molecule has 12 rings (SSSR count). The second kappa shape index (κ2) is 19.9. The van der Waals surface area contributed by atoms with Crippen molar-refractivity contribution in [3.8, 4) is 34.5 Å². The van der Waals surface area contributed by atoms with Crippen LogP contribution in [-0.4, -0.2) is 36.6 Å². The minimum absolute atomic E-state index is 0.202. The van der Waals surface area contributed by atoms with Crippen LogP contribution in [0.4, 0.5) is 0 Å². The molecule has 13 nitrogen and oxygen atoms in total. The quantitative estimate of drug-likeness (QED) is 0.0666. The zero-order valence-corrected chi connectivity index (χ0v) is 43.2. The first-order chi connectivity index (χ1) is 35.4. The maximum Gasteiger partial charge on any atom is 0.222 e. The van der Waals surface area contributed by atoms with Gasteiger partial charge in [0.25, 0.3) is 0 Å². The summed E-state index contributed by atoms with van der Waals surface area (Å²) in [5.74, 6) is 2.11. The van der Waals surface area contributed by atoms with Crippen LogP contribution in [0.1, 0.15) is 33.8 Å². The zero-order chi connectivity index (χ0) is 52.9. The van der Waals surface area contributed by atoms with Crippen LogP contribution < -0.4 is 42.1 Å². The highest BCUT2D eigenvalue weighted by Crippen LogP contribution is 2.41. The van der Waals surface area contributed by atoms with E-state index in [2.05, 4.69) is 144 Å². The smallest absolute Gasteiger partial charge is 0.222 e. The standard InChI is InChI=1S/3C20H17NO2.H3O4P/c3*1-12-15-8-9-17(23-3)20(22)18(15)13(2)21-11-10-14-6-4-5-7-16(14)19(12)21;1-5(2,3)4/h3*4-11H,1-3H3;(H3,1,2,3,4). The van der Waals surface area contributed by atoms with Gasteiger partial charge in [0, 0.05) is 71.8 Å². The summed E-state index contributed by atoms with van der Waals surface area (Å²) >= 11 is 0. The van der Waals surface area contributed by atoms with Crippen LogP contribution in [0, 0.1) is 41.5 Å². The average Bonchev–Trinajstić information content (AvgIpc) is 3.40. The van der Waals surface area contributed by atoms with Gasteiger partial charge in [0.1, 0.15) is 0 Å². The summed E-state index contributed by atoms with van der Waals surface area (Å²) in [6, 6.07) is 43.0. The van der Waals surface area contributed by atoms with Crippen molar-refractivity contribution in [3.63, 3.8) is 0 Å². The van der Waals surface area contributed by atoms with E-state index in [1.165, 1.54) is 48.9 Å². The summed E-state index contributed by atoms with van der Waals surface area (Å²) in [6.45, 7) is 12.4. The van der Waals surface area contributed by atoms with Crippen LogP contribution in [-0.2, 0) is 4.57 Å². The van der Waals surface area contributed by atoms with Gasteiger partial charge in [-0.25, -0.2) is 0 Å². The van der Waals surface area contributed by atoms with Gasteiger partial charge >= 0.3 is 0 Å². The fourth-order valence-corrected chi connectivity index (χ4v) is 10.6. The molecule has 0 aliphatic carbocycles. The van der Waals surface area contributed by atoms with Gasteiger partial charge in [-0.1, -0.05) is 54.6 Å². The summed E-state index contributed by atoms with van der Waals surface area (Å²) < 4.78 is 30.8. The summed E-state index contributed by atoms with van der Waals surface area (Å²) in [6.07, 6.45) is 6.20. The Hall–Kier alpha value is -8.32. The molecule has 0 unspecified atom stereocenters. The molecule has 374 valence electrons. The largest absolute Gasteiger partial charge is 0.822 e. The summed E-state index contributed by atoms with van der Waals surface area (Å²) in [5, 5.41) is 44.7. The molecular weight excluding hydrogens is 954 g/mol. The molecule has 0 aliphatic rings. The molecule has 0 saturated heterocycles. The lowest BCUT2D eigenvalue weighted by atomic mass is 9.99. The Bertz CT molecular complexity index is 3860. The van der Waals surface area contributed by atoms with Gasteiger partial charge in [-0.2, -0.15) is 21.0 Å². The number of nitrogens with zero attached hydrogens (tertiary/aromatic N) is 3. The predicted molar refractivity (Wildman–Crippen MR) is 285 cm³/mol. The summed E-state index contributed by atoms with van der Waals surface area (Å²) in [5.41, 5.74) is 10.0. The monoisotopic (exact) mass is 1010 g/mol. The molecule has 74 heavy (non-hydrogen) atoms. The molecule has 6 aromatic carbocycles. The lowest BCUT2D eigenvalue weighted by Crippen LogP contribution is -2.27. The third-order valence-corrected chi connectivity index (χ3v) is 14.1. The molecule has 0 fully saturated rings. The van der Waals surface area contributed by atoms with Crippen molar-refractivity contribution in [2.45, 2.75) is 41.5 Å². The second-order valence-corrected chi connectivity index (χ2v) is 19.0. The van der Waals surface area contributed by atoms with Crippen LogP contribution >= 0.6 is 7.82 Å². The number of hydrogen-bond acceptors (Lipinski definition) is 10. The number of rotatable bonds is 3. The predicted octanol–water partition coefficient (Wildman–Crippen LogP) is 9.36. The Morgan fingerprint density at radius 1 is 0.378 bits per heavy atom. The highest BCUT2D eigenvalue weighted by atomic mass is 31.2. The highest BCUT2D eigenvalue weighted by molar-refractivity contribution is 7.40. The van der Waals surface area contributed by atoms with E-state index < -0.39 is 7.82 Å². The minimum atomic E-state index is -5.39. The van der Waals surface area contributed by atoms with E-state index in [1.807, 2.05) is 57.2 Å². The molecule has 6 heterocycles. The van der Waals surface area contributed by atoms with Gasteiger partial charge in [0.2, 0.25) is 16.6 Å². The average molecular weight is 1010 g/mol. The number of fused-ring (bicyclic) bond motifs is 12. The number of phenols is 3. The van der Waals surface area contributed by atoms with E-state index in [-0.39, 0.29) is 17.2 Å². The molecule has 0 saturated carbocycles. The number of pyridine rings is 6. The van der Waals surface area contributed by atoms with Crippen LogP contribution in [0.25, 0.3) is 81.2 Å². The van der Waals surface area contributed by atoms with E-state index >= 15 is 0 Å². The Labute approximate surface area is 426 Å². The Balaban J connectivity index is 0.000000130. The van der Waals surface area contributed by atoms with Crippen molar-refractivity contribution in [3.05, 3.63) is 180 Å². The van der Waals surface area contributed by atoms with Gasteiger partial charge in [0.15, 0.2) is 70.2 Å². The number of ether oxygens (including phenoxy) is 3. The van der Waals surface area contributed by atoms with Gasteiger partial charge in [-0.05, 0) is 91.5 Å². The topological polar surface area (TPSA) is 187 Å². The highest BCUT2D eigenvalue weighted by Gasteiger charge is 2.26. The fourth-order valence-electron chi connectivity index (χ4n) is 10.6. The minimum Gasteiger partial charge on any atom is -0.822 e. The third-order valence-electron chi connectivity index (χ3n) is 14.1. The first kappa shape index (κ1) is 50.6. The molecule has 0 radical (unpaired) electrons. The van der Waals surface area contributed by atoms with Crippen molar-refractivity contribution in [1.82, 2.24) is 0 Å². The molecule has 0 amide bonds. The van der Waals surface area contributed by atoms with E-state index in [9.17, 15) is 15.3 Å². The lowest BCUT2D eigenvalue weighted by Gasteiger charge is -2.36. The maximum absolute atomic E-state index is 10.6. The molecule has 0 spiro atoms. The number of aromatic nitrogens is 3. The van der Waals surface area contributed by atoms with Crippen molar-refractivity contribution in [2.24, 2.45) is 0 Å². The third kappa shape index (κ3) is 8.79. The molecular formula is C60H54N3O10P.